The van der Waals surface area contributed by atoms with E-state index in [1.165, 1.54) is 0 Å². The lowest BCUT2D eigenvalue weighted by molar-refractivity contribution is -0.134. The van der Waals surface area contributed by atoms with Crippen molar-refractivity contribution in [2.75, 3.05) is 26.2 Å². The summed E-state index contributed by atoms with van der Waals surface area (Å²) in [5.41, 5.74) is 1.06. The monoisotopic (exact) mass is 349 g/mol. The van der Waals surface area contributed by atoms with Crippen molar-refractivity contribution in [1.82, 2.24) is 15.5 Å². The molecule has 0 bridgehead atoms. The molecule has 1 atom stereocenters. The standard InChI is InChI=1S/C18H24ClN3O2/c19-15-4-1-3-14(11-15)16-12-20-9-10-22(16)17(23)5-2-8-21-18(24)13-6-7-13/h1,3-4,11,13,16,20H,2,5-10,12H2,(H,21,24). The number of benzene rings is 1. The van der Waals surface area contributed by atoms with Crippen LogP contribution < -0.4 is 10.6 Å². The van der Waals surface area contributed by atoms with Crippen LogP contribution in [0.4, 0.5) is 0 Å². The van der Waals surface area contributed by atoms with Crippen molar-refractivity contribution in [1.29, 1.82) is 0 Å². The summed E-state index contributed by atoms with van der Waals surface area (Å²) in [5.74, 6) is 0.504. The Morgan fingerprint density at radius 3 is 2.92 bits per heavy atom. The first-order valence-corrected chi connectivity index (χ1v) is 9.06. The molecule has 1 aliphatic heterocycles. The van der Waals surface area contributed by atoms with Gasteiger partial charge in [-0.05, 0) is 37.0 Å². The number of carbonyl (C=O) groups excluding carboxylic acids is 2. The highest BCUT2D eigenvalue weighted by atomic mass is 35.5. The molecule has 0 aromatic heterocycles. The zero-order chi connectivity index (χ0) is 16.9. The Balaban J connectivity index is 1.52. The Bertz CT molecular complexity index is 604. The summed E-state index contributed by atoms with van der Waals surface area (Å²) in [7, 11) is 0. The lowest BCUT2D eigenvalue weighted by atomic mass is 10.0. The molecule has 0 radical (unpaired) electrons. The van der Waals surface area contributed by atoms with Gasteiger partial charge >= 0.3 is 0 Å². The number of nitrogens with one attached hydrogen (secondary N) is 2. The first-order chi connectivity index (χ1) is 11.6. The highest BCUT2D eigenvalue weighted by molar-refractivity contribution is 6.30. The van der Waals surface area contributed by atoms with Crippen LogP contribution in [0.1, 0.15) is 37.3 Å². The van der Waals surface area contributed by atoms with E-state index in [1.807, 2.05) is 29.2 Å². The summed E-state index contributed by atoms with van der Waals surface area (Å²) in [6.07, 6.45) is 3.16. The second-order valence-electron chi connectivity index (χ2n) is 6.53. The van der Waals surface area contributed by atoms with Crippen LogP contribution in [0.15, 0.2) is 24.3 Å². The molecule has 1 unspecified atom stereocenters. The Kier molecular flexibility index (Phi) is 5.74. The van der Waals surface area contributed by atoms with Gasteiger partial charge in [-0.1, -0.05) is 23.7 Å². The minimum absolute atomic E-state index is 0.0194. The Morgan fingerprint density at radius 1 is 1.33 bits per heavy atom. The minimum Gasteiger partial charge on any atom is -0.356 e. The van der Waals surface area contributed by atoms with Gasteiger partial charge in [-0.25, -0.2) is 0 Å². The average Bonchev–Trinajstić information content (AvgIpc) is 3.43. The van der Waals surface area contributed by atoms with Gasteiger partial charge < -0.3 is 15.5 Å². The van der Waals surface area contributed by atoms with Crippen molar-refractivity contribution < 1.29 is 9.59 Å². The second-order valence-corrected chi connectivity index (χ2v) is 6.97. The van der Waals surface area contributed by atoms with E-state index in [-0.39, 0.29) is 23.8 Å². The highest BCUT2D eigenvalue weighted by Gasteiger charge is 2.30. The zero-order valence-electron chi connectivity index (χ0n) is 13.8. The van der Waals surface area contributed by atoms with Gasteiger partial charge in [0.15, 0.2) is 0 Å². The molecule has 1 saturated heterocycles. The van der Waals surface area contributed by atoms with Crippen molar-refractivity contribution in [3.63, 3.8) is 0 Å². The third-order valence-electron chi connectivity index (χ3n) is 4.61. The van der Waals surface area contributed by atoms with Crippen LogP contribution in [0.2, 0.25) is 5.02 Å². The molecule has 3 rings (SSSR count). The molecule has 1 saturated carbocycles. The van der Waals surface area contributed by atoms with Crippen molar-refractivity contribution in [3.05, 3.63) is 34.9 Å². The SMILES string of the molecule is O=C(NCCCC(=O)N1CCNCC1c1cccc(Cl)c1)C1CC1. The van der Waals surface area contributed by atoms with E-state index >= 15 is 0 Å². The van der Waals surface area contributed by atoms with Crippen LogP contribution in [-0.2, 0) is 9.59 Å². The number of hydrogen-bond acceptors (Lipinski definition) is 3. The van der Waals surface area contributed by atoms with Crippen molar-refractivity contribution >= 4 is 23.4 Å². The molecule has 2 aliphatic rings. The summed E-state index contributed by atoms with van der Waals surface area (Å²) in [4.78, 5) is 26.1. The predicted octanol–water partition coefficient (Wildman–Crippen LogP) is 2.12. The van der Waals surface area contributed by atoms with E-state index in [9.17, 15) is 9.59 Å². The molecule has 1 aromatic rings. The van der Waals surface area contributed by atoms with Crippen LogP contribution in [0.25, 0.3) is 0 Å². The van der Waals surface area contributed by atoms with Crippen LogP contribution >= 0.6 is 11.6 Å². The number of rotatable bonds is 6. The van der Waals surface area contributed by atoms with Gasteiger partial charge in [0, 0.05) is 43.5 Å². The van der Waals surface area contributed by atoms with Crippen molar-refractivity contribution in [3.8, 4) is 0 Å². The molecule has 2 fully saturated rings. The predicted molar refractivity (Wildman–Crippen MR) is 93.7 cm³/mol. The first-order valence-electron chi connectivity index (χ1n) is 8.68. The summed E-state index contributed by atoms with van der Waals surface area (Å²) >= 11 is 6.09. The van der Waals surface area contributed by atoms with Crippen LogP contribution in [0, 0.1) is 5.92 Å². The normalized spacial score (nSPS) is 20.7. The maximum atomic E-state index is 12.6. The van der Waals surface area contributed by atoms with E-state index in [0.717, 1.165) is 31.5 Å². The zero-order valence-corrected chi connectivity index (χ0v) is 14.5. The number of nitrogens with zero attached hydrogens (tertiary/aromatic N) is 1. The summed E-state index contributed by atoms with van der Waals surface area (Å²) < 4.78 is 0. The fourth-order valence-electron chi connectivity index (χ4n) is 3.10. The summed E-state index contributed by atoms with van der Waals surface area (Å²) in [6, 6.07) is 7.72. The second kappa shape index (κ2) is 7.99. The molecular formula is C18H24ClN3O2. The summed E-state index contributed by atoms with van der Waals surface area (Å²) in [6.45, 7) is 2.82. The number of amides is 2. The molecule has 5 nitrogen and oxygen atoms in total. The van der Waals surface area contributed by atoms with Gasteiger partial charge in [-0.15, -0.1) is 0 Å². The average molecular weight is 350 g/mol. The van der Waals surface area contributed by atoms with Gasteiger partial charge in [0.05, 0.1) is 6.04 Å². The Labute approximate surface area is 147 Å². The third kappa shape index (κ3) is 4.48. The topological polar surface area (TPSA) is 61.4 Å². The molecule has 24 heavy (non-hydrogen) atoms. The molecule has 1 aromatic carbocycles. The van der Waals surface area contributed by atoms with Crippen molar-refractivity contribution in [2.45, 2.75) is 31.7 Å². The van der Waals surface area contributed by atoms with E-state index in [1.54, 1.807) is 0 Å². The Morgan fingerprint density at radius 2 is 2.17 bits per heavy atom. The summed E-state index contributed by atoms with van der Waals surface area (Å²) in [5, 5.41) is 6.95. The molecule has 1 aliphatic carbocycles. The quantitative estimate of drug-likeness (QED) is 0.773. The largest absolute Gasteiger partial charge is 0.356 e. The number of carbonyl (C=O) groups is 2. The van der Waals surface area contributed by atoms with E-state index in [2.05, 4.69) is 10.6 Å². The smallest absolute Gasteiger partial charge is 0.223 e. The van der Waals surface area contributed by atoms with Gasteiger partial charge in [0.1, 0.15) is 0 Å². The maximum absolute atomic E-state index is 12.6. The maximum Gasteiger partial charge on any atom is 0.223 e. The number of halogens is 1. The molecule has 1 heterocycles. The number of hydrogen-bond donors (Lipinski definition) is 2. The van der Waals surface area contributed by atoms with Crippen LogP contribution in [-0.4, -0.2) is 42.9 Å². The van der Waals surface area contributed by atoms with Crippen molar-refractivity contribution in [2.24, 2.45) is 5.92 Å². The van der Waals surface area contributed by atoms with Gasteiger partial charge in [0.2, 0.25) is 11.8 Å². The molecule has 0 spiro atoms. The van der Waals surface area contributed by atoms with Crippen LogP contribution in [0.3, 0.4) is 0 Å². The lowest BCUT2D eigenvalue weighted by Gasteiger charge is -2.36. The highest BCUT2D eigenvalue weighted by Crippen LogP contribution is 2.28. The van der Waals surface area contributed by atoms with E-state index < -0.39 is 0 Å². The molecule has 6 heteroatoms. The molecule has 2 N–H and O–H groups in total. The van der Waals surface area contributed by atoms with E-state index in [4.69, 9.17) is 11.6 Å². The lowest BCUT2D eigenvalue weighted by Crippen LogP contribution is -2.48. The minimum atomic E-state index is 0.0194. The fraction of sp³-hybridized carbons (Fsp3) is 0.556. The third-order valence-corrected chi connectivity index (χ3v) is 4.85. The van der Waals surface area contributed by atoms with Gasteiger partial charge in [-0.3, -0.25) is 9.59 Å². The van der Waals surface area contributed by atoms with Crippen LogP contribution in [0.5, 0.6) is 0 Å². The first kappa shape index (κ1) is 17.2. The molecule has 130 valence electrons. The Hall–Kier alpha value is -1.59. The number of piperazine rings is 1. The van der Waals surface area contributed by atoms with Gasteiger partial charge in [0.25, 0.3) is 0 Å². The van der Waals surface area contributed by atoms with Gasteiger partial charge in [-0.2, -0.15) is 0 Å². The molecule has 2 amide bonds. The molecular weight excluding hydrogens is 326 g/mol. The fourth-order valence-corrected chi connectivity index (χ4v) is 3.30. The van der Waals surface area contributed by atoms with E-state index in [0.29, 0.717) is 31.0 Å².